The van der Waals surface area contributed by atoms with E-state index < -0.39 is 4.92 Å². The molecule has 1 aromatic rings. The highest BCUT2D eigenvalue weighted by Crippen LogP contribution is 2.18. The Kier molecular flexibility index (Phi) is 6.11. The van der Waals surface area contributed by atoms with Gasteiger partial charge in [-0.3, -0.25) is 14.9 Å². The van der Waals surface area contributed by atoms with Crippen LogP contribution in [0.3, 0.4) is 0 Å². The molecule has 0 spiro atoms. The molecule has 0 aromatic heterocycles. The Morgan fingerprint density at radius 2 is 2.19 bits per heavy atom. The first kappa shape index (κ1) is 17.4. The number of nitrogens with one attached hydrogen (secondary N) is 2. The fraction of sp³-hybridized carbons (Fsp3) is 0.500. The number of benzene rings is 1. The van der Waals surface area contributed by atoms with E-state index in [0.29, 0.717) is 5.56 Å². The van der Waals surface area contributed by atoms with E-state index >= 15 is 0 Å². The number of nitrogens with zero attached hydrogens (tertiary/aromatic N) is 1. The zero-order valence-electron chi connectivity index (χ0n) is 12.1. The van der Waals surface area contributed by atoms with Gasteiger partial charge in [0.1, 0.15) is 0 Å². The Balaban J connectivity index is 0.00000220. The molecule has 2 unspecified atom stereocenters. The Labute approximate surface area is 129 Å². The Hall–Kier alpha value is -1.66. The third-order valence-corrected chi connectivity index (χ3v) is 3.75. The minimum absolute atomic E-state index is 0. The number of amides is 1. The van der Waals surface area contributed by atoms with E-state index in [-0.39, 0.29) is 36.1 Å². The minimum atomic E-state index is -0.485. The third kappa shape index (κ3) is 4.15. The standard InChI is InChI=1S/C14H19N3O3.ClH/c1-9-5-6-11(17(19)20)8-12(9)14(18)16-13-4-3-7-15-10(13)2;/h5-6,8,10,13,15H,3-4,7H2,1-2H3,(H,16,18);1H. The number of nitro benzene ring substituents is 1. The molecule has 0 radical (unpaired) electrons. The summed E-state index contributed by atoms with van der Waals surface area (Å²) >= 11 is 0. The number of piperidine rings is 1. The largest absolute Gasteiger partial charge is 0.348 e. The van der Waals surface area contributed by atoms with Gasteiger partial charge in [-0.1, -0.05) is 6.07 Å². The maximum absolute atomic E-state index is 12.3. The summed E-state index contributed by atoms with van der Waals surface area (Å²) in [6.45, 7) is 4.77. The van der Waals surface area contributed by atoms with Gasteiger partial charge in [-0.25, -0.2) is 0 Å². The molecular formula is C14H20ClN3O3. The van der Waals surface area contributed by atoms with Gasteiger partial charge in [0.05, 0.1) is 4.92 Å². The van der Waals surface area contributed by atoms with Gasteiger partial charge in [0.15, 0.2) is 0 Å². The fourth-order valence-electron chi connectivity index (χ4n) is 2.46. The second-order valence-corrected chi connectivity index (χ2v) is 5.22. The van der Waals surface area contributed by atoms with Gasteiger partial charge in [-0.2, -0.15) is 0 Å². The van der Waals surface area contributed by atoms with E-state index in [9.17, 15) is 14.9 Å². The van der Waals surface area contributed by atoms with Gasteiger partial charge in [0.2, 0.25) is 0 Å². The van der Waals surface area contributed by atoms with Crippen molar-refractivity contribution in [3.8, 4) is 0 Å². The Morgan fingerprint density at radius 3 is 2.81 bits per heavy atom. The molecule has 116 valence electrons. The average molecular weight is 314 g/mol. The summed E-state index contributed by atoms with van der Waals surface area (Å²) in [5.41, 5.74) is 1.05. The molecule has 0 saturated carbocycles. The Bertz CT molecular complexity index is 536. The van der Waals surface area contributed by atoms with Crippen LogP contribution in [-0.4, -0.2) is 29.5 Å². The number of hydrogen-bond acceptors (Lipinski definition) is 4. The van der Waals surface area contributed by atoms with E-state index in [1.54, 1.807) is 13.0 Å². The lowest BCUT2D eigenvalue weighted by molar-refractivity contribution is -0.384. The summed E-state index contributed by atoms with van der Waals surface area (Å²) < 4.78 is 0. The van der Waals surface area contributed by atoms with Crippen LogP contribution < -0.4 is 10.6 Å². The molecule has 1 aromatic carbocycles. The van der Waals surface area contributed by atoms with Crippen molar-refractivity contribution in [2.45, 2.75) is 38.8 Å². The average Bonchev–Trinajstić information content (AvgIpc) is 2.41. The lowest BCUT2D eigenvalue weighted by atomic mass is 9.99. The van der Waals surface area contributed by atoms with Crippen molar-refractivity contribution in [2.75, 3.05) is 6.54 Å². The molecular weight excluding hydrogens is 294 g/mol. The summed E-state index contributed by atoms with van der Waals surface area (Å²) in [7, 11) is 0. The molecule has 6 nitrogen and oxygen atoms in total. The molecule has 1 saturated heterocycles. The van der Waals surface area contributed by atoms with Crippen LogP contribution >= 0.6 is 12.4 Å². The maximum Gasteiger partial charge on any atom is 0.270 e. The van der Waals surface area contributed by atoms with Crippen LogP contribution in [0.15, 0.2) is 18.2 Å². The number of carbonyl (C=O) groups excluding carboxylic acids is 1. The van der Waals surface area contributed by atoms with Crippen LogP contribution in [0.25, 0.3) is 0 Å². The van der Waals surface area contributed by atoms with Crippen LogP contribution in [-0.2, 0) is 0 Å². The highest BCUT2D eigenvalue weighted by atomic mass is 35.5. The molecule has 1 amide bonds. The van der Waals surface area contributed by atoms with Crippen molar-refractivity contribution in [1.82, 2.24) is 10.6 Å². The van der Waals surface area contributed by atoms with Crippen molar-refractivity contribution < 1.29 is 9.72 Å². The zero-order valence-corrected chi connectivity index (χ0v) is 12.9. The second-order valence-electron chi connectivity index (χ2n) is 5.22. The van der Waals surface area contributed by atoms with Crippen LogP contribution in [0.1, 0.15) is 35.7 Å². The molecule has 1 aliphatic heterocycles. The number of carbonyl (C=O) groups is 1. The lowest BCUT2D eigenvalue weighted by Crippen LogP contribution is -2.52. The van der Waals surface area contributed by atoms with Crippen LogP contribution in [0, 0.1) is 17.0 Å². The fourth-order valence-corrected chi connectivity index (χ4v) is 2.46. The second kappa shape index (κ2) is 7.38. The molecule has 2 N–H and O–H groups in total. The monoisotopic (exact) mass is 313 g/mol. The van der Waals surface area contributed by atoms with Crippen LogP contribution in [0.2, 0.25) is 0 Å². The van der Waals surface area contributed by atoms with Gasteiger partial charge in [0.25, 0.3) is 11.6 Å². The van der Waals surface area contributed by atoms with Gasteiger partial charge in [-0.05, 0) is 38.8 Å². The predicted octanol–water partition coefficient (Wildman–Crippen LogP) is 2.20. The summed E-state index contributed by atoms with van der Waals surface area (Å²) in [6, 6.07) is 4.64. The molecule has 0 bridgehead atoms. The van der Waals surface area contributed by atoms with E-state index in [4.69, 9.17) is 0 Å². The normalized spacial score (nSPS) is 21.2. The number of halogens is 1. The molecule has 1 heterocycles. The molecule has 2 rings (SSSR count). The molecule has 2 atom stereocenters. The van der Waals surface area contributed by atoms with Crippen molar-refractivity contribution in [3.05, 3.63) is 39.4 Å². The number of non-ortho nitro benzene ring substituents is 1. The van der Waals surface area contributed by atoms with Crippen molar-refractivity contribution in [3.63, 3.8) is 0 Å². The first-order valence-electron chi connectivity index (χ1n) is 6.78. The SMILES string of the molecule is Cc1ccc([N+](=O)[O-])cc1C(=O)NC1CCCNC1C.Cl. The van der Waals surface area contributed by atoms with Gasteiger partial charge in [-0.15, -0.1) is 12.4 Å². The van der Waals surface area contributed by atoms with E-state index in [1.165, 1.54) is 12.1 Å². The van der Waals surface area contributed by atoms with Crippen LogP contribution in [0.4, 0.5) is 5.69 Å². The first-order chi connectivity index (χ1) is 9.49. The third-order valence-electron chi connectivity index (χ3n) is 3.75. The lowest BCUT2D eigenvalue weighted by Gasteiger charge is -2.30. The van der Waals surface area contributed by atoms with Crippen molar-refractivity contribution >= 4 is 24.0 Å². The molecule has 0 aliphatic carbocycles. The number of nitro groups is 1. The molecule has 1 aliphatic rings. The topological polar surface area (TPSA) is 84.3 Å². The number of aryl methyl sites for hydroxylation is 1. The smallest absolute Gasteiger partial charge is 0.270 e. The van der Waals surface area contributed by atoms with E-state index in [1.807, 2.05) is 6.92 Å². The van der Waals surface area contributed by atoms with Gasteiger partial charge < -0.3 is 10.6 Å². The summed E-state index contributed by atoms with van der Waals surface area (Å²) in [6.07, 6.45) is 1.94. The van der Waals surface area contributed by atoms with Crippen molar-refractivity contribution in [2.24, 2.45) is 0 Å². The maximum atomic E-state index is 12.3. The van der Waals surface area contributed by atoms with Gasteiger partial charge >= 0.3 is 0 Å². The number of rotatable bonds is 3. The predicted molar refractivity (Wildman–Crippen MR) is 83.0 cm³/mol. The molecule has 1 fully saturated rings. The molecule has 21 heavy (non-hydrogen) atoms. The van der Waals surface area contributed by atoms with Gasteiger partial charge in [0, 0.05) is 29.8 Å². The molecule has 7 heteroatoms. The summed E-state index contributed by atoms with van der Waals surface area (Å²) in [5, 5.41) is 17.1. The minimum Gasteiger partial charge on any atom is -0.348 e. The highest BCUT2D eigenvalue weighted by molar-refractivity contribution is 5.96. The zero-order chi connectivity index (χ0) is 14.7. The van der Waals surface area contributed by atoms with Crippen molar-refractivity contribution in [1.29, 1.82) is 0 Å². The Morgan fingerprint density at radius 1 is 1.48 bits per heavy atom. The summed E-state index contributed by atoms with van der Waals surface area (Å²) in [5.74, 6) is -0.244. The highest BCUT2D eigenvalue weighted by Gasteiger charge is 2.24. The van der Waals surface area contributed by atoms with Crippen LogP contribution in [0.5, 0.6) is 0 Å². The number of hydrogen-bond donors (Lipinski definition) is 2. The summed E-state index contributed by atoms with van der Waals surface area (Å²) in [4.78, 5) is 22.6. The first-order valence-corrected chi connectivity index (χ1v) is 6.78. The van der Waals surface area contributed by atoms with E-state index in [2.05, 4.69) is 10.6 Å². The van der Waals surface area contributed by atoms with E-state index in [0.717, 1.165) is 24.9 Å². The quantitative estimate of drug-likeness (QED) is 0.662.